The van der Waals surface area contributed by atoms with Gasteiger partial charge in [0.1, 0.15) is 12.0 Å². The van der Waals surface area contributed by atoms with E-state index in [4.69, 9.17) is 4.74 Å². The van der Waals surface area contributed by atoms with E-state index in [2.05, 4.69) is 16.9 Å². The smallest absolute Gasteiger partial charge is 0.355 e. The molecule has 7 nitrogen and oxygen atoms in total. The number of carbonyl (C=O) groups excluding carboxylic acids is 1. The van der Waals surface area contributed by atoms with E-state index in [1.807, 2.05) is 0 Å². The quantitative estimate of drug-likeness (QED) is 0.452. The number of pyridine rings is 1. The number of hydrogen-bond acceptors (Lipinski definition) is 6. The van der Waals surface area contributed by atoms with Gasteiger partial charge in [0.25, 0.3) is 0 Å². The van der Waals surface area contributed by atoms with Crippen molar-refractivity contribution in [1.82, 2.24) is 10.3 Å². The second-order valence-corrected chi connectivity index (χ2v) is 6.69. The maximum absolute atomic E-state index is 11.8. The first-order valence-electron chi connectivity index (χ1n) is 8.94. The first-order chi connectivity index (χ1) is 13.5. The number of aldehydes is 1. The van der Waals surface area contributed by atoms with Gasteiger partial charge in [-0.05, 0) is 48.6 Å². The molecule has 3 N–H and O–H groups in total. The predicted octanol–water partition coefficient (Wildman–Crippen LogP) is 2.90. The van der Waals surface area contributed by atoms with Crippen LogP contribution in [0.4, 0.5) is 0 Å². The van der Waals surface area contributed by atoms with Crippen LogP contribution >= 0.6 is 0 Å². The molecule has 28 heavy (non-hydrogen) atoms. The minimum absolute atomic E-state index is 0.212. The van der Waals surface area contributed by atoms with Crippen molar-refractivity contribution in [1.29, 1.82) is 0 Å². The van der Waals surface area contributed by atoms with Gasteiger partial charge >= 0.3 is 5.97 Å². The van der Waals surface area contributed by atoms with Crippen molar-refractivity contribution in [2.45, 2.75) is 19.1 Å². The zero-order valence-corrected chi connectivity index (χ0v) is 15.5. The molecule has 1 aromatic carbocycles. The van der Waals surface area contributed by atoms with Crippen LogP contribution in [0.2, 0.25) is 0 Å². The van der Waals surface area contributed by atoms with Crippen LogP contribution in [0.25, 0.3) is 17.2 Å². The molecule has 3 rings (SSSR count). The molecule has 1 aliphatic rings. The fourth-order valence-electron chi connectivity index (χ4n) is 2.99. The molecule has 146 valence electrons. The Hall–Kier alpha value is -3.03. The lowest BCUT2D eigenvalue weighted by atomic mass is 9.95. The van der Waals surface area contributed by atoms with E-state index >= 15 is 0 Å². The monoisotopic (exact) mass is 382 g/mol. The van der Waals surface area contributed by atoms with Crippen LogP contribution in [0.15, 0.2) is 30.8 Å². The fourth-order valence-corrected chi connectivity index (χ4v) is 2.99. The lowest BCUT2D eigenvalue weighted by Gasteiger charge is -2.16. The van der Waals surface area contributed by atoms with Gasteiger partial charge in [-0.3, -0.25) is 10.1 Å². The Labute approximate surface area is 162 Å². The zero-order valence-electron chi connectivity index (χ0n) is 15.5. The molecular weight excluding hydrogens is 360 g/mol. The molecule has 7 heteroatoms. The van der Waals surface area contributed by atoms with Crippen LogP contribution in [0.3, 0.4) is 0 Å². The number of aromatic carboxylic acids is 1. The number of hydrogen-bond donors (Lipinski definition) is 3. The second-order valence-electron chi connectivity index (χ2n) is 6.69. The van der Waals surface area contributed by atoms with Gasteiger partial charge in [0, 0.05) is 23.2 Å². The summed E-state index contributed by atoms with van der Waals surface area (Å²) in [6.07, 6.45) is 3.40. The fraction of sp³-hybridized carbons (Fsp3) is 0.286. The summed E-state index contributed by atoms with van der Waals surface area (Å²) >= 11 is 0. The van der Waals surface area contributed by atoms with Crippen molar-refractivity contribution in [3.8, 4) is 16.9 Å². The number of aliphatic hydroxyl groups excluding tert-OH is 1. The normalized spacial score (nSPS) is 14.4. The number of carbonyl (C=O) groups is 2. The number of carboxylic acid groups (broad SMARTS) is 1. The van der Waals surface area contributed by atoms with E-state index in [0.717, 1.165) is 12.8 Å². The maximum atomic E-state index is 11.8. The summed E-state index contributed by atoms with van der Waals surface area (Å²) in [6, 6.07) is 6.27. The molecule has 2 aromatic rings. The highest BCUT2D eigenvalue weighted by atomic mass is 16.5. The highest BCUT2D eigenvalue weighted by Crippen LogP contribution is 2.33. The highest BCUT2D eigenvalue weighted by molar-refractivity contribution is 5.98. The molecule has 1 saturated carbocycles. The van der Waals surface area contributed by atoms with E-state index < -0.39 is 12.2 Å². The molecule has 1 atom stereocenters. The van der Waals surface area contributed by atoms with E-state index in [0.29, 0.717) is 41.2 Å². The van der Waals surface area contributed by atoms with Gasteiger partial charge in [-0.15, -0.1) is 0 Å². The molecule has 0 saturated heterocycles. The number of benzene rings is 1. The Bertz CT molecular complexity index is 921. The highest BCUT2D eigenvalue weighted by Gasteiger charge is 2.24. The molecular formula is C21H22N2O5. The van der Waals surface area contributed by atoms with Crippen molar-refractivity contribution >= 4 is 18.3 Å². The number of rotatable bonds is 9. The van der Waals surface area contributed by atoms with Crippen LogP contribution < -0.4 is 10.1 Å². The largest absolute Gasteiger partial charge is 0.496 e. The minimum atomic E-state index is -1.25. The number of ether oxygens (including phenoxy) is 1. The lowest BCUT2D eigenvalue weighted by Crippen LogP contribution is -2.24. The van der Waals surface area contributed by atoms with Gasteiger partial charge in [-0.1, -0.05) is 12.7 Å². The first-order valence-corrected chi connectivity index (χ1v) is 8.94. The van der Waals surface area contributed by atoms with Crippen molar-refractivity contribution in [2.75, 3.05) is 13.7 Å². The minimum Gasteiger partial charge on any atom is -0.496 e. The molecule has 0 amide bonds. The Kier molecular flexibility index (Phi) is 5.87. The van der Waals surface area contributed by atoms with Crippen molar-refractivity contribution < 1.29 is 24.5 Å². The summed E-state index contributed by atoms with van der Waals surface area (Å²) in [5.74, 6) is -0.240. The van der Waals surface area contributed by atoms with E-state index in [1.165, 1.54) is 7.11 Å². The number of aliphatic hydroxyl groups is 1. The number of carboxylic acids is 1. The number of nitrogens with one attached hydrogen (secondary N) is 1. The van der Waals surface area contributed by atoms with Gasteiger partial charge in [0.15, 0.2) is 12.0 Å². The van der Waals surface area contributed by atoms with E-state index in [1.54, 1.807) is 30.3 Å². The molecule has 0 spiro atoms. The van der Waals surface area contributed by atoms with E-state index in [-0.39, 0.29) is 17.0 Å². The van der Waals surface area contributed by atoms with Crippen LogP contribution in [0, 0.1) is 5.92 Å². The number of aromatic nitrogens is 1. The van der Waals surface area contributed by atoms with Crippen molar-refractivity contribution in [3.05, 3.63) is 53.4 Å². The SMILES string of the molecule is C=Cc1cc(C=O)c(-c2ccc(C(O)NCC3CC3)nc2C(=O)O)cc1OC. The standard InChI is InChI=1S/C21H22N2O5/c1-3-13-8-14(11-24)16(9-18(13)28-2)15-6-7-17(23-19(15)21(26)27)20(25)22-10-12-4-5-12/h3,6-9,11-12,20,22,25H,1,4-5,10H2,2H3,(H,26,27). The number of nitrogens with zero attached hydrogens (tertiary/aromatic N) is 1. The topological polar surface area (TPSA) is 109 Å². The third-order valence-corrected chi connectivity index (χ3v) is 4.74. The van der Waals surface area contributed by atoms with Crippen molar-refractivity contribution in [2.24, 2.45) is 5.92 Å². The molecule has 1 aromatic heterocycles. The Balaban J connectivity index is 2.04. The summed E-state index contributed by atoms with van der Waals surface area (Å²) in [6.45, 7) is 4.35. The molecule has 1 heterocycles. The Morgan fingerprint density at radius 1 is 1.36 bits per heavy atom. The average Bonchev–Trinajstić information content (AvgIpc) is 3.54. The summed E-state index contributed by atoms with van der Waals surface area (Å²) < 4.78 is 5.32. The Morgan fingerprint density at radius 3 is 2.68 bits per heavy atom. The summed E-state index contributed by atoms with van der Waals surface area (Å²) in [7, 11) is 1.48. The third-order valence-electron chi connectivity index (χ3n) is 4.74. The van der Waals surface area contributed by atoms with Crippen LogP contribution in [0.1, 0.15) is 51.2 Å². The Morgan fingerprint density at radius 2 is 2.11 bits per heavy atom. The van der Waals surface area contributed by atoms with Crippen LogP contribution in [0.5, 0.6) is 5.75 Å². The van der Waals surface area contributed by atoms with Crippen molar-refractivity contribution in [3.63, 3.8) is 0 Å². The average molecular weight is 382 g/mol. The lowest BCUT2D eigenvalue weighted by molar-refractivity contribution is 0.0689. The van der Waals surface area contributed by atoms with Crippen LogP contribution in [-0.2, 0) is 0 Å². The first kappa shape index (κ1) is 19.7. The second kappa shape index (κ2) is 8.33. The molecule has 0 bridgehead atoms. The number of methoxy groups -OCH3 is 1. The molecule has 1 fully saturated rings. The van der Waals surface area contributed by atoms with Gasteiger partial charge in [-0.2, -0.15) is 0 Å². The predicted molar refractivity (Wildman–Crippen MR) is 104 cm³/mol. The molecule has 0 aliphatic heterocycles. The molecule has 1 unspecified atom stereocenters. The van der Waals surface area contributed by atoms with Gasteiger partial charge < -0.3 is 14.9 Å². The summed E-state index contributed by atoms with van der Waals surface area (Å²) in [4.78, 5) is 27.5. The molecule has 0 radical (unpaired) electrons. The maximum Gasteiger partial charge on any atom is 0.355 e. The third kappa shape index (κ3) is 4.11. The zero-order chi connectivity index (χ0) is 20.3. The van der Waals surface area contributed by atoms with Crippen LogP contribution in [-0.4, -0.2) is 41.1 Å². The van der Waals surface area contributed by atoms with E-state index in [9.17, 15) is 19.8 Å². The van der Waals surface area contributed by atoms with Gasteiger partial charge in [0.05, 0.1) is 12.8 Å². The van der Waals surface area contributed by atoms with Gasteiger partial charge in [0.2, 0.25) is 0 Å². The summed E-state index contributed by atoms with van der Waals surface area (Å²) in [5, 5.41) is 22.9. The van der Waals surface area contributed by atoms with Gasteiger partial charge in [-0.25, -0.2) is 9.78 Å². The molecule has 1 aliphatic carbocycles. The summed E-state index contributed by atoms with van der Waals surface area (Å²) in [5.41, 5.74) is 1.52.